The molecule has 12 nitrogen and oxygen atoms in total. The average Bonchev–Trinajstić information content (AvgIpc) is 3.56. The van der Waals surface area contributed by atoms with Gasteiger partial charge >= 0.3 is 6.36 Å². The highest BCUT2D eigenvalue weighted by molar-refractivity contribution is 7.15. The van der Waals surface area contributed by atoms with E-state index in [1.54, 1.807) is 72.8 Å². The number of benzene rings is 3. The van der Waals surface area contributed by atoms with Gasteiger partial charge in [-0.3, -0.25) is 14.9 Å². The smallest absolute Gasteiger partial charge is 0.406 e. The molecule has 3 atom stereocenters. The number of hydrogen-bond acceptors (Lipinski definition) is 11. The number of ether oxygens (including phenoxy) is 2. The summed E-state index contributed by atoms with van der Waals surface area (Å²) >= 11 is 1.21. The van der Waals surface area contributed by atoms with Crippen molar-refractivity contribution in [3.63, 3.8) is 0 Å². The number of unbranched alkanes of at least 4 members (excludes halogenated alkanes) is 1. The number of aromatic nitrogens is 4. The molecule has 3 aromatic carbocycles. The first-order chi connectivity index (χ1) is 24.5. The summed E-state index contributed by atoms with van der Waals surface area (Å²) in [6, 6.07) is 25.6. The van der Waals surface area contributed by atoms with Crippen LogP contribution in [0, 0.1) is 0 Å². The highest BCUT2D eigenvalue weighted by Gasteiger charge is 2.31. The fourth-order valence-corrected chi connectivity index (χ4v) is 5.68. The lowest BCUT2D eigenvalue weighted by atomic mass is 10.1. The fraction of sp³-hybridized carbons (Fsp3) is 0.257. The standard InChI is InChI=1S/C35H33F3N6O6S/c36-35(37,38)50-26-16-9-10-22(20-26)21-28(45)39-27-19-18-25(41-42-27)15-7-8-17-29-43-44-34(51-29)40-32(47)31(24-13-5-2-6-14-24)49-33(48)30(46)23-11-3-1-4-12-23/h1-6,9-14,16,18-20,30-31,33,46,48H,7-8,15,17,21H2,(H,39,42,45)(H,40,44,47). The number of carbonyl (C=O) groups is 2. The number of aliphatic hydroxyl groups is 2. The summed E-state index contributed by atoms with van der Waals surface area (Å²) in [5.74, 6) is -1.27. The van der Waals surface area contributed by atoms with E-state index in [9.17, 15) is 33.0 Å². The maximum absolute atomic E-state index is 13.3. The number of halogens is 3. The molecule has 0 bridgehead atoms. The van der Waals surface area contributed by atoms with Crippen LogP contribution in [-0.2, 0) is 33.6 Å². The Morgan fingerprint density at radius 1 is 0.784 bits per heavy atom. The number of hydrogen-bond donors (Lipinski definition) is 4. The molecular formula is C35H33F3N6O6S. The van der Waals surface area contributed by atoms with E-state index >= 15 is 0 Å². The van der Waals surface area contributed by atoms with Crippen molar-refractivity contribution < 1.29 is 42.4 Å². The monoisotopic (exact) mass is 722 g/mol. The summed E-state index contributed by atoms with van der Waals surface area (Å²) in [5, 5.41) is 43.8. The lowest BCUT2D eigenvalue weighted by Gasteiger charge is -2.24. The van der Waals surface area contributed by atoms with E-state index in [-0.39, 0.29) is 17.4 Å². The zero-order valence-corrected chi connectivity index (χ0v) is 27.7. The first-order valence-corrected chi connectivity index (χ1v) is 16.6. The van der Waals surface area contributed by atoms with Crippen molar-refractivity contribution >= 4 is 34.1 Å². The Morgan fingerprint density at radius 3 is 2.18 bits per heavy atom. The Kier molecular flexibility index (Phi) is 12.7. The minimum Gasteiger partial charge on any atom is -0.406 e. The van der Waals surface area contributed by atoms with E-state index in [1.807, 2.05) is 0 Å². The minimum atomic E-state index is -4.83. The van der Waals surface area contributed by atoms with E-state index < -0.39 is 42.4 Å². The second kappa shape index (κ2) is 17.6. The second-order valence-electron chi connectivity index (χ2n) is 11.2. The zero-order valence-electron chi connectivity index (χ0n) is 26.9. The van der Waals surface area contributed by atoms with Gasteiger partial charge in [-0.1, -0.05) is 84.1 Å². The number of nitrogens with zero attached hydrogens (tertiary/aromatic N) is 4. The number of amides is 2. The third-order valence-corrected chi connectivity index (χ3v) is 8.18. The van der Waals surface area contributed by atoms with E-state index in [4.69, 9.17) is 4.74 Å². The molecule has 0 aliphatic rings. The van der Waals surface area contributed by atoms with Crippen molar-refractivity contribution in [2.75, 3.05) is 10.6 Å². The highest BCUT2D eigenvalue weighted by Crippen LogP contribution is 2.28. The summed E-state index contributed by atoms with van der Waals surface area (Å²) < 4.78 is 47.0. The number of alkyl halides is 3. The molecule has 16 heteroatoms. The third-order valence-electron chi connectivity index (χ3n) is 7.28. The lowest BCUT2D eigenvalue weighted by molar-refractivity contribution is -0.274. The average molecular weight is 723 g/mol. The first kappa shape index (κ1) is 37.0. The van der Waals surface area contributed by atoms with Crippen molar-refractivity contribution in [1.29, 1.82) is 0 Å². The van der Waals surface area contributed by atoms with Crippen LogP contribution in [0.3, 0.4) is 0 Å². The van der Waals surface area contributed by atoms with Crippen LogP contribution in [0.2, 0.25) is 0 Å². The van der Waals surface area contributed by atoms with Crippen molar-refractivity contribution in [1.82, 2.24) is 20.4 Å². The number of nitrogens with one attached hydrogen (secondary N) is 2. The summed E-state index contributed by atoms with van der Waals surface area (Å²) in [4.78, 5) is 25.7. The van der Waals surface area contributed by atoms with Crippen LogP contribution in [0.25, 0.3) is 0 Å². The molecule has 0 fully saturated rings. The summed E-state index contributed by atoms with van der Waals surface area (Å²) in [6.07, 6.45) is -6.65. The van der Waals surface area contributed by atoms with Gasteiger partial charge in [0.05, 0.1) is 12.1 Å². The van der Waals surface area contributed by atoms with Crippen LogP contribution in [0.15, 0.2) is 97.1 Å². The van der Waals surface area contributed by atoms with Crippen molar-refractivity contribution in [3.8, 4) is 5.75 Å². The third kappa shape index (κ3) is 11.6. The zero-order chi connectivity index (χ0) is 36.2. The van der Waals surface area contributed by atoms with Gasteiger partial charge < -0.3 is 25.0 Å². The molecule has 5 rings (SSSR count). The largest absolute Gasteiger partial charge is 0.573 e. The van der Waals surface area contributed by atoms with Crippen LogP contribution < -0.4 is 15.4 Å². The van der Waals surface area contributed by atoms with Crippen LogP contribution in [0.1, 0.15) is 52.4 Å². The quantitative estimate of drug-likeness (QED) is 0.0730. The molecule has 0 aliphatic heterocycles. The molecule has 2 amide bonds. The Morgan fingerprint density at radius 2 is 1.49 bits per heavy atom. The molecule has 0 saturated heterocycles. The van der Waals surface area contributed by atoms with Gasteiger partial charge in [0.2, 0.25) is 11.0 Å². The molecule has 0 saturated carbocycles. The number of aliphatic hydroxyl groups excluding tert-OH is 2. The van der Waals surface area contributed by atoms with E-state index in [0.29, 0.717) is 40.2 Å². The number of aryl methyl sites for hydroxylation is 2. The Balaban J connectivity index is 1.06. The lowest BCUT2D eigenvalue weighted by Crippen LogP contribution is -2.30. The van der Waals surface area contributed by atoms with E-state index in [2.05, 4.69) is 35.8 Å². The maximum Gasteiger partial charge on any atom is 0.573 e. The number of anilines is 2. The molecule has 2 heterocycles. The van der Waals surface area contributed by atoms with Crippen LogP contribution in [-0.4, -0.2) is 55.1 Å². The van der Waals surface area contributed by atoms with Crippen molar-refractivity contribution in [2.24, 2.45) is 0 Å². The molecule has 0 spiro atoms. The van der Waals surface area contributed by atoms with E-state index in [1.165, 1.54) is 23.5 Å². The predicted octanol–water partition coefficient (Wildman–Crippen LogP) is 5.72. The molecule has 0 aliphatic carbocycles. The molecule has 4 N–H and O–H groups in total. The SMILES string of the molecule is O=C(Cc1cccc(OC(F)(F)F)c1)Nc1ccc(CCCCc2nnc(NC(=O)C(OC(O)C(O)c3ccccc3)c3ccccc3)s2)nn1. The number of rotatable bonds is 16. The van der Waals surface area contributed by atoms with Crippen molar-refractivity contribution in [3.05, 3.63) is 124 Å². The van der Waals surface area contributed by atoms with Gasteiger partial charge in [0, 0.05) is 6.42 Å². The summed E-state index contributed by atoms with van der Waals surface area (Å²) in [5.41, 5.74) is 1.94. The predicted molar refractivity (Wildman–Crippen MR) is 180 cm³/mol. The maximum atomic E-state index is 13.3. The Hall–Kier alpha value is -5.29. The minimum absolute atomic E-state index is 0.182. The molecular weight excluding hydrogens is 689 g/mol. The van der Waals surface area contributed by atoms with Crippen LogP contribution in [0.5, 0.6) is 5.75 Å². The van der Waals surface area contributed by atoms with Gasteiger partial charge in [-0.25, -0.2) is 0 Å². The van der Waals surface area contributed by atoms with E-state index in [0.717, 1.165) is 25.0 Å². The van der Waals surface area contributed by atoms with Crippen LogP contribution in [0.4, 0.5) is 24.1 Å². The normalized spacial score (nSPS) is 13.2. The number of carbonyl (C=O) groups excluding carboxylic acids is 2. The molecule has 5 aromatic rings. The molecule has 3 unspecified atom stereocenters. The topological polar surface area (TPSA) is 169 Å². The molecule has 0 radical (unpaired) electrons. The Bertz CT molecular complexity index is 1870. The fourth-order valence-electron chi connectivity index (χ4n) is 4.89. The second-order valence-corrected chi connectivity index (χ2v) is 12.3. The summed E-state index contributed by atoms with van der Waals surface area (Å²) in [7, 11) is 0. The van der Waals surface area contributed by atoms with Crippen molar-refractivity contribution in [2.45, 2.75) is 57.0 Å². The van der Waals surface area contributed by atoms with Gasteiger partial charge in [0.15, 0.2) is 18.2 Å². The van der Waals surface area contributed by atoms with Gasteiger partial charge in [0.1, 0.15) is 16.9 Å². The van der Waals surface area contributed by atoms with Gasteiger partial charge in [0.25, 0.3) is 5.91 Å². The summed E-state index contributed by atoms with van der Waals surface area (Å²) in [6.45, 7) is 0. The Labute approximate surface area is 294 Å². The molecule has 266 valence electrons. The van der Waals surface area contributed by atoms with Gasteiger partial charge in [-0.2, -0.15) is 5.10 Å². The van der Waals surface area contributed by atoms with Crippen LogP contribution >= 0.6 is 11.3 Å². The first-order valence-electron chi connectivity index (χ1n) is 15.7. The van der Waals surface area contributed by atoms with Gasteiger partial charge in [-0.05, 0) is 60.2 Å². The molecule has 51 heavy (non-hydrogen) atoms. The van der Waals surface area contributed by atoms with Gasteiger partial charge in [-0.15, -0.1) is 28.5 Å². The highest BCUT2D eigenvalue weighted by atomic mass is 32.1. The molecule has 2 aromatic heterocycles.